The maximum Gasteiger partial charge on any atom is 0.311 e. The Morgan fingerprint density at radius 3 is 2.64 bits per heavy atom. The Morgan fingerprint density at radius 2 is 2.00 bits per heavy atom. The number of hydrogen-bond donors (Lipinski definition) is 1. The third-order valence-electron chi connectivity index (χ3n) is 4.05. The summed E-state index contributed by atoms with van der Waals surface area (Å²) in [5.41, 5.74) is 2.10. The lowest BCUT2D eigenvalue weighted by Gasteiger charge is -2.06. The maximum absolute atomic E-state index is 12.5. The van der Waals surface area contributed by atoms with E-state index in [1.165, 1.54) is 30.9 Å². The van der Waals surface area contributed by atoms with Crippen molar-refractivity contribution in [3.8, 4) is 5.75 Å². The number of ether oxygens (including phenoxy) is 1. The van der Waals surface area contributed by atoms with E-state index in [9.17, 15) is 14.9 Å². The Bertz CT molecular complexity index is 1030. The fraction of sp³-hybridized carbons (Fsp3) is 0.158. The molecule has 1 heterocycles. The first-order valence-corrected chi connectivity index (χ1v) is 9.09. The number of aromatic nitrogens is 2. The average Bonchev–Trinajstić information content (AvgIpc) is 3.01. The van der Waals surface area contributed by atoms with Crippen molar-refractivity contribution in [2.75, 3.05) is 12.4 Å². The summed E-state index contributed by atoms with van der Waals surface area (Å²) >= 11 is 3.38. The van der Waals surface area contributed by atoms with Gasteiger partial charge in [0.25, 0.3) is 5.91 Å². The minimum absolute atomic E-state index is 0.0881. The average molecular weight is 445 g/mol. The summed E-state index contributed by atoms with van der Waals surface area (Å²) in [6.07, 6.45) is 1.76. The number of carbonyl (C=O) groups is 1. The zero-order chi connectivity index (χ0) is 20.3. The number of hydrogen-bond acceptors (Lipinski definition) is 5. The Kier molecular flexibility index (Phi) is 5.74. The highest BCUT2D eigenvalue weighted by Crippen LogP contribution is 2.28. The van der Waals surface area contributed by atoms with Crippen LogP contribution < -0.4 is 10.1 Å². The summed E-state index contributed by atoms with van der Waals surface area (Å²) in [5.74, 6) is -0.0901. The standard InChI is InChI=1S/C19H17BrN4O4/c1-12-3-5-13(6-4-12)10-23-11-15(20)18(22-23)21-19(25)14-7-8-17(28-2)16(9-14)24(26)27/h3-9,11H,10H2,1-2H3,(H,21,22,25). The lowest BCUT2D eigenvalue weighted by Crippen LogP contribution is -2.13. The molecule has 0 aliphatic carbocycles. The van der Waals surface area contributed by atoms with Gasteiger partial charge in [0.1, 0.15) is 0 Å². The van der Waals surface area contributed by atoms with Crippen LogP contribution in [0, 0.1) is 17.0 Å². The van der Waals surface area contributed by atoms with Crippen LogP contribution in [0.25, 0.3) is 0 Å². The summed E-state index contributed by atoms with van der Waals surface area (Å²) in [6.45, 7) is 2.56. The Hall–Kier alpha value is -3.20. The zero-order valence-corrected chi connectivity index (χ0v) is 16.8. The maximum atomic E-state index is 12.5. The minimum Gasteiger partial charge on any atom is -0.490 e. The first-order valence-electron chi connectivity index (χ1n) is 8.29. The van der Waals surface area contributed by atoms with E-state index in [4.69, 9.17) is 4.74 Å². The lowest BCUT2D eigenvalue weighted by molar-refractivity contribution is -0.385. The van der Waals surface area contributed by atoms with Crippen molar-refractivity contribution in [2.24, 2.45) is 0 Å². The number of methoxy groups -OCH3 is 1. The molecule has 1 N–H and O–H groups in total. The van der Waals surface area contributed by atoms with Crippen molar-refractivity contribution in [3.05, 3.63) is 79.9 Å². The van der Waals surface area contributed by atoms with Crippen molar-refractivity contribution in [2.45, 2.75) is 13.5 Å². The molecule has 0 aliphatic heterocycles. The highest BCUT2D eigenvalue weighted by Gasteiger charge is 2.19. The Balaban J connectivity index is 1.77. The predicted octanol–water partition coefficient (Wildman–Crippen LogP) is 4.17. The summed E-state index contributed by atoms with van der Waals surface area (Å²) in [6, 6.07) is 12.1. The van der Waals surface area contributed by atoms with E-state index < -0.39 is 10.8 Å². The van der Waals surface area contributed by atoms with Gasteiger partial charge in [-0.3, -0.25) is 19.6 Å². The predicted molar refractivity (Wildman–Crippen MR) is 108 cm³/mol. The number of nitro benzene ring substituents is 1. The van der Waals surface area contributed by atoms with Gasteiger partial charge >= 0.3 is 5.69 Å². The van der Waals surface area contributed by atoms with Crippen molar-refractivity contribution in [1.82, 2.24) is 9.78 Å². The number of anilines is 1. The fourth-order valence-corrected chi connectivity index (χ4v) is 3.01. The number of amides is 1. The number of halogens is 1. The first-order chi connectivity index (χ1) is 13.4. The third-order valence-corrected chi connectivity index (χ3v) is 4.63. The number of nitro groups is 1. The largest absolute Gasteiger partial charge is 0.490 e. The van der Waals surface area contributed by atoms with Gasteiger partial charge in [-0.25, -0.2) is 0 Å². The van der Waals surface area contributed by atoms with Crippen LogP contribution in [-0.2, 0) is 6.54 Å². The molecule has 0 saturated heterocycles. The highest BCUT2D eigenvalue weighted by molar-refractivity contribution is 9.10. The number of nitrogens with one attached hydrogen (secondary N) is 1. The van der Waals surface area contributed by atoms with Crippen LogP contribution in [0.1, 0.15) is 21.5 Å². The zero-order valence-electron chi connectivity index (χ0n) is 15.2. The van der Waals surface area contributed by atoms with Crippen LogP contribution >= 0.6 is 15.9 Å². The Morgan fingerprint density at radius 1 is 1.29 bits per heavy atom. The molecule has 28 heavy (non-hydrogen) atoms. The number of carbonyl (C=O) groups excluding carboxylic acids is 1. The molecule has 0 spiro atoms. The molecule has 1 amide bonds. The van der Waals surface area contributed by atoms with Crippen LogP contribution in [0.2, 0.25) is 0 Å². The van der Waals surface area contributed by atoms with Gasteiger partial charge in [-0.15, -0.1) is 0 Å². The molecular weight excluding hydrogens is 428 g/mol. The molecule has 0 fully saturated rings. The van der Waals surface area contributed by atoms with Gasteiger partial charge in [0, 0.05) is 17.8 Å². The molecule has 1 aromatic heterocycles. The molecule has 0 aliphatic rings. The van der Waals surface area contributed by atoms with Crippen LogP contribution in [0.15, 0.2) is 53.1 Å². The Labute approximate surface area is 169 Å². The van der Waals surface area contributed by atoms with Crippen LogP contribution in [-0.4, -0.2) is 27.7 Å². The molecule has 0 bridgehead atoms. The van der Waals surface area contributed by atoms with E-state index in [-0.39, 0.29) is 17.0 Å². The molecule has 8 nitrogen and oxygen atoms in total. The van der Waals surface area contributed by atoms with Gasteiger partial charge < -0.3 is 10.1 Å². The molecule has 3 aromatic rings. The normalized spacial score (nSPS) is 10.5. The number of nitrogens with zero attached hydrogens (tertiary/aromatic N) is 3. The summed E-state index contributed by atoms with van der Waals surface area (Å²) in [4.78, 5) is 23.0. The lowest BCUT2D eigenvalue weighted by atomic mass is 10.1. The molecule has 0 unspecified atom stereocenters. The quantitative estimate of drug-likeness (QED) is 0.454. The van der Waals surface area contributed by atoms with Gasteiger partial charge in [0.05, 0.1) is 23.1 Å². The summed E-state index contributed by atoms with van der Waals surface area (Å²) < 4.78 is 7.25. The molecule has 0 saturated carbocycles. The van der Waals surface area contributed by atoms with E-state index in [0.29, 0.717) is 16.8 Å². The van der Waals surface area contributed by atoms with Gasteiger partial charge in [-0.1, -0.05) is 29.8 Å². The van der Waals surface area contributed by atoms with E-state index >= 15 is 0 Å². The first kappa shape index (κ1) is 19.6. The number of aryl methyl sites for hydroxylation is 1. The second-order valence-electron chi connectivity index (χ2n) is 6.11. The second-order valence-corrected chi connectivity index (χ2v) is 6.96. The molecule has 0 atom stereocenters. The van der Waals surface area contributed by atoms with Crippen molar-refractivity contribution in [1.29, 1.82) is 0 Å². The molecule has 2 aromatic carbocycles. The molecule has 0 radical (unpaired) electrons. The topological polar surface area (TPSA) is 99.3 Å². The highest BCUT2D eigenvalue weighted by atomic mass is 79.9. The summed E-state index contributed by atoms with van der Waals surface area (Å²) in [5, 5.41) is 18.2. The van der Waals surface area contributed by atoms with E-state index in [2.05, 4.69) is 26.3 Å². The smallest absolute Gasteiger partial charge is 0.311 e. The molecule has 144 valence electrons. The molecular formula is C19H17BrN4O4. The van der Waals surface area contributed by atoms with Crippen molar-refractivity contribution < 1.29 is 14.5 Å². The van der Waals surface area contributed by atoms with Gasteiger partial charge in [-0.05, 0) is 40.5 Å². The second kappa shape index (κ2) is 8.22. The molecule has 3 rings (SSSR count). The monoisotopic (exact) mass is 444 g/mol. The van der Waals surface area contributed by atoms with Crippen LogP contribution in [0.4, 0.5) is 11.5 Å². The van der Waals surface area contributed by atoms with Crippen molar-refractivity contribution >= 4 is 33.3 Å². The van der Waals surface area contributed by atoms with Crippen LogP contribution in [0.5, 0.6) is 5.75 Å². The van der Waals surface area contributed by atoms with Gasteiger partial charge in [0.2, 0.25) is 0 Å². The van der Waals surface area contributed by atoms with E-state index in [1.807, 2.05) is 31.2 Å². The van der Waals surface area contributed by atoms with Gasteiger partial charge in [-0.2, -0.15) is 5.10 Å². The van der Waals surface area contributed by atoms with Crippen LogP contribution in [0.3, 0.4) is 0 Å². The van der Waals surface area contributed by atoms with E-state index in [0.717, 1.165) is 5.56 Å². The van der Waals surface area contributed by atoms with Crippen molar-refractivity contribution in [3.63, 3.8) is 0 Å². The number of rotatable bonds is 6. The summed E-state index contributed by atoms with van der Waals surface area (Å²) in [7, 11) is 1.33. The van der Waals surface area contributed by atoms with E-state index in [1.54, 1.807) is 10.9 Å². The minimum atomic E-state index is -0.595. The number of benzene rings is 2. The third kappa shape index (κ3) is 4.37. The fourth-order valence-electron chi connectivity index (χ4n) is 2.60. The van der Waals surface area contributed by atoms with Gasteiger partial charge in [0.15, 0.2) is 11.6 Å². The molecule has 9 heteroatoms. The SMILES string of the molecule is COc1ccc(C(=O)Nc2nn(Cc3ccc(C)cc3)cc2Br)cc1[N+](=O)[O-].